The predicted octanol–water partition coefficient (Wildman–Crippen LogP) is 2.92. The molecule has 0 spiro atoms. The molecular formula is C23H21Cl2N3O4. The van der Waals surface area contributed by atoms with Gasteiger partial charge in [-0.3, -0.25) is 19.3 Å². The van der Waals surface area contributed by atoms with Crippen LogP contribution in [0.5, 0.6) is 0 Å². The van der Waals surface area contributed by atoms with Gasteiger partial charge in [0, 0.05) is 30.2 Å². The van der Waals surface area contributed by atoms with Gasteiger partial charge in [0.15, 0.2) is 0 Å². The average Bonchev–Trinajstić information content (AvgIpc) is 3.02. The minimum atomic E-state index is -0.541. The van der Waals surface area contributed by atoms with E-state index >= 15 is 0 Å². The van der Waals surface area contributed by atoms with E-state index in [0.29, 0.717) is 36.9 Å². The first-order chi connectivity index (χ1) is 15.4. The maximum atomic E-state index is 12.8. The number of hydrogen-bond acceptors (Lipinski definition) is 5. The highest BCUT2D eigenvalue weighted by Crippen LogP contribution is 2.25. The van der Waals surface area contributed by atoms with Crippen LogP contribution >= 0.6 is 23.2 Å². The van der Waals surface area contributed by atoms with Gasteiger partial charge in [-0.25, -0.2) is 0 Å². The smallest absolute Gasteiger partial charge is 0.278 e. The number of rotatable bonds is 6. The van der Waals surface area contributed by atoms with Crippen molar-refractivity contribution in [3.05, 3.63) is 81.0 Å². The molecule has 2 aromatic carbocycles. The van der Waals surface area contributed by atoms with Crippen molar-refractivity contribution in [2.45, 2.75) is 13.1 Å². The van der Waals surface area contributed by atoms with E-state index in [0.717, 1.165) is 16.0 Å². The first-order valence-electron chi connectivity index (χ1n) is 10.1. The predicted molar refractivity (Wildman–Crippen MR) is 120 cm³/mol. The molecule has 3 amide bonds. The molecule has 32 heavy (non-hydrogen) atoms. The maximum absolute atomic E-state index is 12.8. The molecule has 4 rings (SSSR count). The van der Waals surface area contributed by atoms with Crippen LogP contribution in [-0.2, 0) is 27.4 Å². The number of carbonyl (C=O) groups excluding carboxylic acids is 3. The highest BCUT2D eigenvalue weighted by Gasteiger charge is 2.37. The molecular weight excluding hydrogens is 453 g/mol. The molecule has 7 nitrogen and oxygen atoms in total. The van der Waals surface area contributed by atoms with Crippen molar-refractivity contribution in [3.63, 3.8) is 0 Å². The number of benzene rings is 2. The van der Waals surface area contributed by atoms with Crippen molar-refractivity contribution in [2.24, 2.45) is 0 Å². The topological polar surface area (TPSA) is 79.0 Å². The fourth-order valence-corrected chi connectivity index (χ4v) is 3.90. The molecule has 0 radical (unpaired) electrons. The number of halogens is 2. The maximum Gasteiger partial charge on any atom is 0.278 e. The minimum absolute atomic E-state index is 0.0343. The average molecular weight is 474 g/mol. The van der Waals surface area contributed by atoms with E-state index < -0.39 is 11.8 Å². The summed E-state index contributed by atoms with van der Waals surface area (Å²) in [7, 11) is 0. The van der Waals surface area contributed by atoms with E-state index in [1.807, 2.05) is 12.1 Å². The third-order valence-corrected chi connectivity index (χ3v) is 5.94. The Balaban J connectivity index is 1.37. The molecule has 0 aliphatic carbocycles. The Labute approximate surface area is 195 Å². The fourth-order valence-electron chi connectivity index (χ4n) is 3.52. The first-order valence-corrected chi connectivity index (χ1v) is 10.9. The molecule has 1 fully saturated rings. The third kappa shape index (κ3) is 4.80. The molecule has 0 saturated carbocycles. The zero-order chi connectivity index (χ0) is 22.7. The number of morpholine rings is 1. The number of hydrogen-bond donors (Lipinski definition) is 1. The Bertz CT molecular complexity index is 1060. The lowest BCUT2D eigenvalue weighted by Crippen LogP contribution is -2.40. The second-order valence-electron chi connectivity index (χ2n) is 7.47. The zero-order valence-corrected chi connectivity index (χ0v) is 18.7. The second kappa shape index (κ2) is 9.73. The highest BCUT2D eigenvalue weighted by molar-refractivity contribution is 6.47. The molecule has 0 unspecified atom stereocenters. The SMILES string of the molecule is O=C(c1ccc(CNC2=C(Cl)C(=O)N(Cc3ccc(Cl)cc3)C2=O)cc1)N1CCOCC1. The van der Waals surface area contributed by atoms with Crippen LogP contribution in [0, 0.1) is 0 Å². The van der Waals surface area contributed by atoms with E-state index in [1.54, 1.807) is 41.3 Å². The van der Waals surface area contributed by atoms with Crippen LogP contribution in [-0.4, -0.2) is 53.8 Å². The summed E-state index contributed by atoms with van der Waals surface area (Å²) >= 11 is 12.0. The lowest BCUT2D eigenvalue weighted by Gasteiger charge is -2.26. The van der Waals surface area contributed by atoms with Gasteiger partial charge in [-0.1, -0.05) is 47.5 Å². The third-order valence-electron chi connectivity index (χ3n) is 5.33. The summed E-state index contributed by atoms with van der Waals surface area (Å²) in [5, 5.41) is 3.40. The monoisotopic (exact) mass is 473 g/mol. The van der Waals surface area contributed by atoms with Crippen LogP contribution < -0.4 is 5.32 Å². The normalized spacial score (nSPS) is 16.7. The Kier molecular flexibility index (Phi) is 6.79. The fraction of sp³-hybridized carbons (Fsp3) is 0.261. The van der Waals surface area contributed by atoms with Crippen LogP contribution in [0.15, 0.2) is 59.3 Å². The van der Waals surface area contributed by atoms with Gasteiger partial charge in [0.1, 0.15) is 10.7 Å². The van der Waals surface area contributed by atoms with E-state index in [4.69, 9.17) is 27.9 Å². The van der Waals surface area contributed by atoms with Crippen molar-refractivity contribution < 1.29 is 19.1 Å². The number of nitrogens with zero attached hydrogens (tertiary/aromatic N) is 2. The van der Waals surface area contributed by atoms with Gasteiger partial charge in [0.05, 0.1) is 19.8 Å². The number of ether oxygens (including phenoxy) is 1. The van der Waals surface area contributed by atoms with Crippen molar-refractivity contribution >= 4 is 40.9 Å². The van der Waals surface area contributed by atoms with Gasteiger partial charge in [0.2, 0.25) is 0 Å². The van der Waals surface area contributed by atoms with Crippen molar-refractivity contribution in [3.8, 4) is 0 Å². The first kappa shape index (κ1) is 22.3. The molecule has 0 aromatic heterocycles. The standard InChI is InChI=1S/C23H21Cl2N3O4/c24-18-7-3-16(4-8-18)14-28-22(30)19(25)20(23(28)31)26-13-15-1-5-17(6-2-15)21(29)27-9-11-32-12-10-27/h1-8,26H,9-14H2. The van der Waals surface area contributed by atoms with Gasteiger partial charge in [0.25, 0.3) is 17.7 Å². The molecule has 2 aromatic rings. The Morgan fingerprint density at radius 2 is 1.53 bits per heavy atom. The summed E-state index contributed by atoms with van der Waals surface area (Å²) in [6.45, 7) is 2.64. The lowest BCUT2D eigenvalue weighted by molar-refractivity contribution is -0.138. The van der Waals surface area contributed by atoms with Crippen LogP contribution in [0.4, 0.5) is 0 Å². The van der Waals surface area contributed by atoms with Crippen LogP contribution in [0.1, 0.15) is 21.5 Å². The summed E-state index contributed by atoms with van der Waals surface area (Å²) in [5.74, 6) is -1.05. The minimum Gasteiger partial charge on any atom is -0.378 e. The number of amides is 3. The lowest BCUT2D eigenvalue weighted by atomic mass is 10.1. The molecule has 1 saturated heterocycles. The van der Waals surface area contributed by atoms with Gasteiger partial charge in [-0.15, -0.1) is 0 Å². The van der Waals surface area contributed by atoms with E-state index in [9.17, 15) is 14.4 Å². The van der Waals surface area contributed by atoms with Crippen molar-refractivity contribution in [1.82, 2.24) is 15.1 Å². The summed E-state index contributed by atoms with van der Waals surface area (Å²) in [6, 6.07) is 14.0. The molecule has 0 atom stereocenters. The molecule has 0 bridgehead atoms. The summed E-state index contributed by atoms with van der Waals surface area (Å²) in [5.41, 5.74) is 2.27. The van der Waals surface area contributed by atoms with Crippen LogP contribution in [0.3, 0.4) is 0 Å². The summed E-state index contributed by atoms with van der Waals surface area (Å²) in [6.07, 6.45) is 0. The molecule has 2 aliphatic rings. The molecule has 166 valence electrons. The zero-order valence-electron chi connectivity index (χ0n) is 17.1. The molecule has 2 heterocycles. The van der Waals surface area contributed by atoms with E-state index in [2.05, 4.69) is 5.32 Å². The van der Waals surface area contributed by atoms with Gasteiger partial charge in [-0.2, -0.15) is 0 Å². The van der Waals surface area contributed by atoms with Gasteiger partial charge in [-0.05, 0) is 35.4 Å². The van der Waals surface area contributed by atoms with Crippen molar-refractivity contribution in [2.75, 3.05) is 26.3 Å². The second-order valence-corrected chi connectivity index (χ2v) is 8.28. The van der Waals surface area contributed by atoms with Crippen LogP contribution in [0.25, 0.3) is 0 Å². The molecule has 9 heteroatoms. The quantitative estimate of drug-likeness (QED) is 0.652. The van der Waals surface area contributed by atoms with E-state index in [1.165, 1.54) is 0 Å². The Morgan fingerprint density at radius 3 is 2.19 bits per heavy atom. The van der Waals surface area contributed by atoms with E-state index in [-0.39, 0.29) is 29.7 Å². The van der Waals surface area contributed by atoms with Crippen molar-refractivity contribution in [1.29, 1.82) is 0 Å². The molecule has 2 aliphatic heterocycles. The largest absolute Gasteiger partial charge is 0.378 e. The van der Waals surface area contributed by atoms with Crippen LogP contribution in [0.2, 0.25) is 5.02 Å². The summed E-state index contributed by atoms with van der Waals surface area (Å²) in [4.78, 5) is 40.6. The molecule has 1 N–H and O–H groups in total. The Hall–Kier alpha value is -2.87. The number of nitrogens with one attached hydrogen (secondary N) is 1. The van der Waals surface area contributed by atoms with Gasteiger partial charge >= 0.3 is 0 Å². The highest BCUT2D eigenvalue weighted by atomic mass is 35.5. The number of carbonyl (C=O) groups is 3. The number of imide groups is 1. The van der Waals surface area contributed by atoms with Gasteiger partial charge < -0.3 is 15.0 Å². The Morgan fingerprint density at radius 1 is 0.906 bits per heavy atom. The summed E-state index contributed by atoms with van der Waals surface area (Å²) < 4.78 is 5.28.